The van der Waals surface area contributed by atoms with Crippen LogP contribution in [0.1, 0.15) is 65.7 Å². The zero-order chi connectivity index (χ0) is 12.2. The van der Waals surface area contributed by atoms with Gasteiger partial charge in [-0.3, -0.25) is 0 Å². The van der Waals surface area contributed by atoms with Crippen LogP contribution < -0.4 is 0 Å². The molecule has 94 valence electrons. The smallest absolute Gasteiger partial charge is 0.160 e. The van der Waals surface area contributed by atoms with Crippen molar-refractivity contribution in [2.75, 3.05) is 0 Å². The zero-order valence-electron chi connectivity index (χ0n) is 10.7. The molecule has 0 aromatic heterocycles. The standard InChI is InChI=1S/C12H24N2O2/c1-4-6-8-12(9-7-5-2)10-11(3)13(12)14(15)16/h11H,4-10H2,1-3H3/t11-/m0/s1. The molecule has 1 heterocycles. The molecular weight excluding hydrogens is 204 g/mol. The van der Waals surface area contributed by atoms with Crippen molar-refractivity contribution in [2.45, 2.75) is 77.3 Å². The lowest BCUT2D eigenvalue weighted by Gasteiger charge is -2.51. The van der Waals surface area contributed by atoms with Crippen molar-refractivity contribution in [2.24, 2.45) is 0 Å². The van der Waals surface area contributed by atoms with Crippen molar-refractivity contribution in [3.8, 4) is 0 Å². The molecule has 1 atom stereocenters. The molecule has 1 aliphatic rings. The van der Waals surface area contributed by atoms with Gasteiger partial charge in [-0.25, -0.2) is 10.1 Å². The third kappa shape index (κ3) is 2.47. The summed E-state index contributed by atoms with van der Waals surface area (Å²) in [4.78, 5) is 11.1. The number of nitrogens with zero attached hydrogens (tertiary/aromatic N) is 2. The van der Waals surface area contributed by atoms with Crippen molar-refractivity contribution in [1.82, 2.24) is 5.01 Å². The average molecular weight is 228 g/mol. The van der Waals surface area contributed by atoms with Crippen LogP contribution in [0.25, 0.3) is 0 Å². The summed E-state index contributed by atoms with van der Waals surface area (Å²) in [5.74, 6) is 0. The van der Waals surface area contributed by atoms with Crippen molar-refractivity contribution in [3.63, 3.8) is 0 Å². The van der Waals surface area contributed by atoms with E-state index in [0.29, 0.717) is 0 Å². The molecule has 0 unspecified atom stereocenters. The molecule has 0 bridgehead atoms. The Bertz CT molecular complexity index is 235. The quantitative estimate of drug-likeness (QED) is 0.495. The van der Waals surface area contributed by atoms with Gasteiger partial charge in [-0.1, -0.05) is 39.5 Å². The van der Waals surface area contributed by atoms with Crippen LogP contribution in [-0.2, 0) is 0 Å². The summed E-state index contributed by atoms with van der Waals surface area (Å²) in [5.41, 5.74) is -0.130. The van der Waals surface area contributed by atoms with Crippen LogP contribution in [0.4, 0.5) is 0 Å². The van der Waals surface area contributed by atoms with Crippen LogP contribution in [0.2, 0.25) is 0 Å². The van der Waals surface area contributed by atoms with E-state index in [1.807, 2.05) is 6.92 Å². The Kier molecular flexibility index (Phi) is 4.56. The highest BCUT2D eigenvalue weighted by atomic mass is 16.7. The molecule has 4 heteroatoms. The van der Waals surface area contributed by atoms with Crippen LogP contribution >= 0.6 is 0 Å². The fourth-order valence-electron chi connectivity index (χ4n) is 2.99. The number of rotatable bonds is 7. The number of unbranched alkanes of at least 4 members (excludes halogenated alkanes) is 2. The first-order valence-corrected chi connectivity index (χ1v) is 6.51. The van der Waals surface area contributed by atoms with E-state index in [1.54, 1.807) is 0 Å². The molecule has 16 heavy (non-hydrogen) atoms. The molecule has 4 nitrogen and oxygen atoms in total. The Morgan fingerprint density at radius 1 is 1.31 bits per heavy atom. The third-order valence-corrected chi connectivity index (χ3v) is 3.75. The second-order valence-electron chi connectivity index (χ2n) is 5.07. The highest BCUT2D eigenvalue weighted by molar-refractivity contribution is 5.00. The van der Waals surface area contributed by atoms with Crippen LogP contribution in [0.5, 0.6) is 0 Å². The number of nitro groups is 1. The van der Waals surface area contributed by atoms with E-state index >= 15 is 0 Å². The third-order valence-electron chi connectivity index (χ3n) is 3.75. The number of hydrazine groups is 1. The summed E-state index contributed by atoms with van der Waals surface area (Å²) in [7, 11) is 0. The summed E-state index contributed by atoms with van der Waals surface area (Å²) < 4.78 is 0. The Hall–Kier alpha value is -0.800. The molecule has 1 rings (SSSR count). The van der Waals surface area contributed by atoms with Crippen LogP contribution in [-0.4, -0.2) is 21.6 Å². The van der Waals surface area contributed by atoms with E-state index in [2.05, 4.69) is 13.8 Å². The maximum absolute atomic E-state index is 11.1. The topological polar surface area (TPSA) is 46.4 Å². The Labute approximate surface area is 98.1 Å². The van der Waals surface area contributed by atoms with Gasteiger partial charge in [0.15, 0.2) is 5.03 Å². The molecule has 0 aromatic rings. The minimum atomic E-state index is -0.181. The van der Waals surface area contributed by atoms with Gasteiger partial charge in [0.1, 0.15) is 5.54 Å². The molecule has 0 aromatic carbocycles. The van der Waals surface area contributed by atoms with Crippen LogP contribution in [0.3, 0.4) is 0 Å². The van der Waals surface area contributed by atoms with Crippen molar-refractivity contribution in [3.05, 3.63) is 10.1 Å². The molecule has 1 fully saturated rings. The molecule has 0 aliphatic carbocycles. The van der Waals surface area contributed by atoms with Gasteiger partial charge < -0.3 is 0 Å². The lowest BCUT2D eigenvalue weighted by Crippen LogP contribution is -2.66. The van der Waals surface area contributed by atoms with E-state index in [9.17, 15) is 10.1 Å². The van der Waals surface area contributed by atoms with Gasteiger partial charge in [0, 0.05) is 6.42 Å². The molecule has 0 N–H and O–H groups in total. The van der Waals surface area contributed by atoms with Crippen molar-refractivity contribution >= 4 is 0 Å². The van der Waals surface area contributed by atoms with Gasteiger partial charge in [-0.15, -0.1) is 5.01 Å². The lowest BCUT2D eigenvalue weighted by molar-refractivity contribution is -0.705. The molecule has 0 spiro atoms. The summed E-state index contributed by atoms with van der Waals surface area (Å²) in [6, 6.07) is 0.115. The van der Waals surface area contributed by atoms with Gasteiger partial charge in [-0.05, 0) is 19.8 Å². The average Bonchev–Trinajstić information content (AvgIpc) is 2.20. The van der Waals surface area contributed by atoms with E-state index in [4.69, 9.17) is 0 Å². The fraction of sp³-hybridized carbons (Fsp3) is 1.00. The molecule has 0 amide bonds. The van der Waals surface area contributed by atoms with E-state index in [-0.39, 0.29) is 16.6 Å². The minimum absolute atomic E-state index is 0.115. The predicted octanol–water partition coefficient (Wildman–Crippen LogP) is 3.39. The van der Waals surface area contributed by atoms with E-state index in [0.717, 1.165) is 44.9 Å². The minimum Gasteiger partial charge on any atom is -0.235 e. The lowest BCUT2D eigenvalue weighted by atomic mass is 9.74. The first kappa shape index (κ1) is 13.3. The normalized spacial score (nSPS) is 22.9. The van der Waals surface area contributed by atoms with E-state index in [1.165, 1.54) is 5.01 Å². The highest BCUT2D eigenvalue weighted by Gasteiger charge is 2.55. The molecule has 1 aliphatic heterocycles. The molecule has 0 radical (unpaired) electrons. The van der Waals surface area contributed by atoms with Gasteiger partial charge in [-0.2, -0.15) is 0 Å². The molecular formula is C12H24N2O2. The molecule has 0 saturated carbocycles. The molecule has 1 saturated heterocycles. The summed E-state index contributed by atoms with van der Waals surface area (Å²) in [6.07, 6.45) is 7.39. The van der Waals surface area contributed by atoms with Gasteiger partial charge in [0.25, 0.3) is 0 Å². The predicted molar refractivity (Wildman–Crippen MR) is 64.7 cm³/mol. The Morgan fingerprint density at radius 3 is 2.12 bits per heavy atom. The van der Waals surface area contributed by atoms with Gasteiger partial charge >= 0.3 is 0 Å². The number of hydrogen-bond donors (Lipinski definition) is 0. The zero-order valence-corrected chi connectivity index (χ0v) is 10.7. The Balaban J connectivity index is 2.67. The van der Waals surface area contributed by atoms with Crippen LogP contribution in [0, 0.1) is 10.1 Å². The van der Waals surface area contributed by atoms with Crippen molar-refractivity contribution in [1.29, 1.82) is 0 Å². The Morgan fingerprint density at radius 2 is 1.81 bits per heavy atom. The second-order valence-corrected chi connectivity index (χ2v) is 5.07. The maximum Gasteiger partial charge on any atom is 0.160 e. The highest BCUT2D eigenvalue weighted by Crippen LogP contribution is 2.43. The van der Waals surface area contributed by atoms with Crippen LogP contribution in [0.15, 0.2) is 0 Å². The van der Waals surface area contributed by atoms with Gasteiger partial charge in [0.2, 0.25) is 0 Å². The number of hydrogen-bond acceptors (Lipinski definition) is 2. The monoisotopic (exact) mass is 228 g/mol. The summed E-state index contributed by atoms with van der Waals surface area (Å²) in [6.45, 7) is 6.25. The maximum atomic E-state index is 11.1. The first-order chi connectivity index (χ1) is 7.57. The van der Waals surface area contributed by atoms with Gasteiger partial charge in [0.05, 0.1) is 6.04 Å². The SMILES string of the molecule is CCCCC1(CCCC)C[C@H](C)N1[N+](=O)[O-]. The first-order valence-electron chi connectivity index (χ1n) is 6.51. The summed E-state index contributed by atoms with van der Waals surface area (Å²) >= 11 is 0. The fourth-order valence-corrected chi connectivity index (χ4v) is 2.99. The summed E-state index contributed by atoms with van der Waals surface area (Å²) in [5, 5.41) is 12.4. The van der Waals surface area contributed by atoms with E-state index < -0.39 is 0 Å². The second kappa shape index (κ2) is 5.51. The van der Waals surface area contributed by atoms with Crippen molar-refractivity contribution < 1.29 is 5.03 Å². The largest absolute Gasteiger partial charge is 0.235 e.